The van der Waals surface area contributed by atoms with Crippen molar-refractivity contribution in [2.45, 2.75) is 0 Å². The molecule has 6 nitrogen and oxygen atoms in total. The minimum atomic E-state index is -0.580. The van der Waals surface area contributed by atoms with Gasteiger partial charge in [-0.05, 0) is 48.5 Å². The zero-order valence-corrected chi connectivity index (χ0v) is 14.4. The molecule has 0 bridgehead atoms. The summed E-state index contributed by atoms with van der Waals surface area (Å²) in [6, 6.07) is 13.9. The van der Waals surface area contributed by atoms with Gasteiger partial charge in [-0.2, -0.15) is 0 Å². The molecule has 2 aromatic heterocycles. The number of rotatable bonds is 4. The van der Waals surface area contributed by atoms with Crippen LogP contribution in [0.3, 0.4) is 0 Å². The molecule has 0 fully saturated rings. The molecule has 0 saturated heterocycles. The molecule has 0 radical (unpaired) electrons. The predicted octanol–water partition coefficient (Wildman–Crippen LogP) is 5.04. The van der Waals surface area contributed by atoms with Crippen LogP contribution in [0.4, 0.5) is 10.1 Å². The monoisotopic (exact) mass is 383 g/mol. The third-order valence-corrected chi connectivity index (χ3v) is 3.94. The lowest BCUT2D eigenvalue weighted by molar-refractivity contribution is 0.102. The van der Waals surface area contributed by atoms with Gasteiger partial charge in [0, 0.05) is 16.1 Å². The van der Waals surface area contributed by atoms with Gasteiger partial charge in [-0.25, -0.2) is 4.39 Å². The van der Waals surface area contributed by atoms with Gasteiger partial charge in [0.05, 0.1) is 12.0 Å². The van der Waals surface area contributed by atoms with Crippen LogP contribution >= 0.6 is 11.6 Å². The van der Waals surface area contributed by atoms with E-state index in [9.17, 15) is 9.18 Å². The van der Waals surface area contributed by atoms with Crippen molar-refractivity contribution in [3.8, 4) is 23.1 Å². The third-order valence-electron chi connectivity index (χ3n) is 3.71. The van der Waals surface area contributed by atoms with Crippen LogP contribution in [-0.4, -0.2) is 16.1 Å². The summed E-state index contributed by atoms with van der Waals surface area (Å²) in [7, 11) is 0. The fourth-order valence-corrected chi connectivity index (χ4v) is 2.59. The Morgan fingerprint density at radius 2 is 1.89 bits per heavy atom. The molecule has 0 aliphatic heterocycles. The Labute approximate surface area is 157 Å². The minimum absolute atomic E-state index is 0.00389. The number of hydrogen-bond donors (Lipinski definition) is 1. The van der Waals surface area contributed by atoms with Crippen LogP contribution in [0.5, 0.6) is 0 Å². The highest BCUT2D eigenvalue weighted by molar-refractivity contribution is 6.31. The van der Waals surface area contributed by atoms with Crippen LogP contribution in [0.2, 0.25) is 5.02 Å². The number of carbonyl (C=O) groups is 1. The molecule has 0 aliphatic carbocycles. The molecule has 2 aromatic carbocycles. The van der Waals surface area contributed by atoms with E-state index in [0.717, 1.165) is 0 Å². The number of nitrogens with zero attached hydrogens (tertiary/aromatic N) is 2. The number of nitrogens with one attached hydrogen (secondary N) is 1. The number of anilines is 1. The first-order valence-electron chi connectivity index (χ1n) is 7.84. The average Bonchev–Trinajstić information content (AvgIpc) is 3.36. The number of furan rings is 1. The van der Waals surface area contributed by atoms with Crippen LogP contribution in [0, 0.1) is 5.82 Å². The average molecular weight is 384 g/mol. The van der Waals surface area contributed by atoms with E-state index >= 15 is 0 Å². The van der Waals surface area contributed by atoms with E-state index in [1.807, 2.05) is 0 Å². The van der Waals surface area contributed by atoms with Crippen molar-refractivity contribution in [3.05, 3.63) is 77.3 Å². The molecule has 0 spiro atoms. The molecule has 134 valence electrons. The SMILES string of the molecule is O=C(Nc1cc(Cl)ccc1F)c1cccc(-c2nnc(-c3ccco3)o2)c1. The van der Waals surface area contributed by atoms with Gasteiger partial charge >= 0.3 is 0 Å². The summed E-state index contributed by atoms with van der Waals surface area (Å²) in [4.78, 5) is 12.5. The number of hydrogen-bond acceptors (Lipinski definition) is 5. The van der Waals surface area contributed by atoms with E-state index in [-0.39, 0.29) is 17.5 Å². The maximum Gasteiger partial charge on any atom is 0.283 e. The first-order chi connectivity index (χ1) is 13.1. The zero-order valence-electron chi connectivity index (χ0n) is 13.6. The number of amides is 1. The van der Waals surface area contributed by atoms with Gasteiger partial charge in [0.1, 0.15) is 5.82 Å². The molecule has 0 atom stereocenters. The van der Waals surface area contributed by atoms with Crippen LogP contribution in [0.1, 0.15) is 10.4 Å². The van der Waals surface area contributed by atoms with Gasteiger partial charge < -0.3 is 14.2 Å². The molecule has 4 rings (SSSR count). The molecule has 0 saturated carbocycles. The lowest BCUT2D eigenvalue weighted by Gasteiger charge is -2.07. The molecule has 0 aliphatic rings. The van der Waals surface area contributed by atoms with Crippen molar-refractivity contribution in [2.24, 2.45) is 0 Å². The Morgan fingerprint density at radius 3 is 2.70 bits per heavy atom. The topological polar surface area (TPSA) is 81.2 Å². The van der Waals surface area contributed by atoms with E-state index in [4.69, 9.17) is 20.4 Å². The Morgan fingerprint density at radius 1 is 1.04 bits per heavy atom. The van der Waals surface area contributed by atoms with E-state index in [1.54, 1.807) is 36.4 Å². The minimum Gasteiger partial charge on any atom is -0.459 e. The highest BCUT2D eigenvalue weighted by Crippen LogP contribution is 2.25. The maximum atomic E-state index is 13.8. The van der Waals surface area contributed by atoms with Gasteiger partial charge in [-0.3, -0.25) is 4.79 Å². The predicted molar refractivity (Wildman–Crippen MR) is 96.8 cm³/mol. The summed E-state index contributed by atoms with van der Waals surface area (Å²) in [5.41, 5.74) is 0.833. The second-order valence-corrected chi connectivity index (χ2v) is 5.99. The fraction of sp³-hybridized carbons (Fsp3) is 0. The number of benzene rings is 2. The van der Waals surface area contributed by atoms with Crippen molar-refractivity contribution >= 4 is 23.2 Å². The summed E-state index contributed by atoms with van der Waals surface area (Å²) < 4.78 is 24.6. The van der Waals surface area contributed by atoms with E-state index < -0.39 is 11.7 Å². The highest BCUT2D eigenvalue weighted by Gasteiger charge is 2.15. The summed E-state index contributed by atoms with van der Waals surface area (Å²) in [5, 5.41) is 10.7. The molecule has 4 aromatic rings. The number of aromatic nitrogens is 2. The highest BCUT2D eigenvalue weighted by atomic mass is 35.5. The molecule has 2 heterocycles. The quantitative estimate of drug-likeness (QED) is 0.533. The van der Waals surface area contributed by atoms with Crippen LogP contribution in [-0.2, 0) is 0 Å². The number of carbonyl (C=O) groups excluding carboxylic acids is 1. The lowest BCUT2D eigenvalue weighted by Crippen LogP contribution is -2.13. The van der Waals surface area contributed by atoms with E-state index in [2.05, 4.69) is 15.5 Å². The van der Waals surface area contributed by atoms with Crippen molar-refractivity contribution in [3.63, 3.8) is 0 Å². The summed E-state index contributed by atoms with van der Waals surface area (Å²) >= 11 is 5.84. The smallest absolute Gasteiger partial charge is 0.283 e. The molecular formula is C19H11ClFN3O3. The lowest BCUT2D eigenvalue weighted by atomic mass is 10.1. The normalized spacial score (nSPS) is 10.7. The Kier molecular flexibility index (Phi) is 4.43. The largest absolute Gasteiger partial charge is 0.459 e. The number of halogens is 2. The third kappa shape index (κ3) is 3.58. The molecule has 0 unspecified atom stereocenters. The maximum absolute atomic E-state index is 13.8. The van der Waals surface area contributed by atoms with Crippen LogP contribution in [0.15, 0.2) is 69.7 Å². The van der Waals surface area contributed by atoms with E-state index in [1.165, 1.54) is 24.5 Å². The second kappa shape index (κ2) is 7.05. The van der Waals surface area contributed by atoms with Crippen molar-refractivity contribution in [1.29, 1.82) is 0 Å². The van der Waals surface area contributed by atoms with Crippen molar-refractivity contribution < 1.29 is 18.0 Å². The Hall–Kier alpha value is -3.45. The molecule has 1 N–H and O–H groups in total. The molecule has 1 amide bonds. The van der Waals surface area contributed by atoms with Gasteiger partial charge in [-0.15, -0.1) is 10.2 Å². The van der Waals surface area contributed by atoms with Gasteiger partial charge in [0.2, 0.25) is 5.89 Å². The molecular weight excluding hydrogens is 373 g/mol. The Bertz CT molecular complexity index is 1110. The Balaban J connectivity index is 1.59. The molecule has 27 heavy (non-hydrogen) atoms. The fourth-order valence-electron chi connectivity index (χ4n) is 2.42. The standard InChI is InChI=1S/C19H11ClFN3O3/c20-13-6-7-14(21)15(10-13)22-17(25)11-3-1-4-12(9-11)18-23-24-19(27-18)16-5-2-8-26-16/h1-10H,(H,22,25). The zero-order chi connectivity index (χ0) is 18.8. The first-order valence-corrected chi connectivity index (χ1v) is 8.22. The van der Waals surface area contributed by atoms with Gasteiger partial charge in [0.15, 0.2) is 5.76 Å². The van der Waals surface area contributed by atoms with Gasteiger partial charge in [0.25, 0.3) is 11.8 Å². The van der Waals surface area contributed by atoms with Crippen molar-refractivity contribution in [1.82, 2.24) is 10.2 Å². The molecule has 8 heteroatoms. The summed E-state index contributed by atoms with van der Waals surface area (Å²) in [5.74, 6) is -0.178. The van der Waals surface area contributed by atoms with Crippen molar-refractivity contribution in [2.75, 3.05) is 5.32 Å². The van der Waals surface area contributed by atoms with Gasteiger partial charge in [-0.1, -0.05) is 17.7 Å². The summed E-state index contributed by atoms with van der Waals surface area (Å²) in [6.45, 7) is 0. The van der Waals surface area contributed by atoms with E-state index in [0.29, 0.717) is 21.9 Å². The van der Waals surface area contributed by atoms with Crippen LogP contribution in [0.25, 0.3) is 23.1 Å². The first kappa shape index (κ1) is 17.0. The summed E-state index contributed by atoms with van der Waals surface area (Å²) in [6.07, 6.45) is 1.50. The van der Waals surface area contributed by atoms with Crippen LogP contribution < -0.4 is 5.32 Å². The second-order valence-electron chi connectivity index (χ2n) is 5.55.